The normalized spacial score (nSPS) is 11.9. The maximum Gasteiger partial charge on any atom is 0.149 e. The van der Waals surface area contributed by atoms with Crippen molar-refractivity contribution in [3.05, 3.63) is 192 Å². The Morgan fingerprint density at radius 2 is 1.10 bits per heavy atom. The monoisotopic (exact) mass is 807 g/mol. The van der Waals surface area contributed by atoms with Gasteiger partial charge in [0.05, 0.1) is 28.0 Å². The highest BCUT2D eigenvalue weighted by atomic mass is 16.3. The Kier molecular flexibility index (Phi) is 10.3. The third-order valence-electron chi connectivity index (χ3n) is 12.1. The Hall–Kier alpha value is -7.04. The highest BCUT2D eigenvalue weighted by molar-refractivity contribution is 5.98. The van der Waals surface area contributed by atoms with Gasteiger partial charge in [-0.15, -0.1) is 0 Å². The lowest BCUT2D eigenvalue weighted by atomic mass is 9.84. The van der Waals surface area contributed by atoms with Crippen LogP contribution in [0.4, 0.5) is 0 Å². The maximum absolute atomic E-state index is 11.9. The Morgan fingerprint density at radius 3 is 1.77 bits per heavy atom. The lowest BCUT2D eigenvalue weighted by Gasteiger charge is -2.24. The van der Waals surface area contributed by atoms with Crippen LogP contribution in [0, 0.1) is 13.8 Å². The fraction of sp³-hybridized carbons (Fsp3) is 0.172. The summed E-state index contributed by atoms with van der Waals surface area (Å²) in [6.45, 7) is 17.6. The number of phenolic OH excluding ortho intramolecular Hbond substituents is 1. The fourth-order valence-electron chi connectivity index (χ4n) is 8.59. The Bertz CT molecular complexity index is 3090. The second kappa shape index (κ2) is 15.8. The van der Waals surface area contributed by atoms with Crippen molar-refractivity contribution < 1.29 is 5.11 Å². The van der Waals surface area contributed by atoms with Crippen LogP contribution < -0.4 is 0 Å². The summed E-state index contributed by atoms with van der Waals surface area (Å²) in [6, 6.07) is 58.4. The van der Waals surface area contributed by atoms with Crippen molar-refractivity contribution in [2.24, 2.45) is 0 Å². The molecule has 0 aliphatic carbocycles. The third kappa shape index (κ3) is 7.74. The summed E-state index contributed by atoms with van der Waals surface area (Å²) in [6.07, 6.45) is 1.90. The van der Waals surface area contributed by atoms with E-state index in [-0.39, 0.29) is 16.6 Å². The molecule has 0 atom stereocenters. The molecular formula is C58H53N3O. The summed E-state index contributed by atoms with van der Waals surface area (Å²) >= 11 is 0. The molecule has 4 heteroatoms. The van der Waals surface area contributed by atoms with Crippen LogP contribution in [0.25, 0.3) is 83.9 Å². The average Bonchev–Trinajstić information content (AvgIpc) is 3.67. The van der Waals surface area contributed by atoms with Crippen molar-refractivity contribution in [1.29, 1.82) is 0 Å². The number of hydrogen-bond donors (Lipinski definition) is 1. The van der Waals surface area contributed by atoms with Crippen molar-refractivity contribution >= 4 is 11.0 Å². The van der Waals surface area contributed by atoms with E-state index in [4.69, 9.17) is 9.97 Å². The molecule has 0 aliphatic rings. The zero-order valence-corrected chi connectivity index (χ0v) is 37.0. The van der Waals surface area contributed by atoms with Crippen LogP contribution in [0.5, 0.6) is 5.75 Å². The molecule has 62 heavy (non-hydrogen) atoms. The SMILES string of the molecule is Cc1cc(C)c(O)c(-c2nc3c(-c4cc(-c5ccccc5)cc(-c5cc(-c6ccccc6)ccn5)c4)cccc3n2-c2cc(C(C)(C)C)ccc2-c2ccc(C(C)(C)C)cc2)c1. The van der Waals surface area contributed by atoms with E-state index in [1.807, 2.05) is 25.3 Å². The predicted molar refractivity (Wildman–Crippen MR) is 260 cm³/mol. The molecule has 7 aromatic carbocycles. The summed E-state index contributed by atoms with van der Waals surface area (Å²) in [5.41, 5.74) is 18.4. The smallest absolute Gasteiger partial charge is 0.149 e. The number of pyridine rings is 1. The number of aromatic hydroxyl groups is 1. The van der Waals surface area contributed by atoms with Gasteiger partial charge in [0.1, 0.15) is 11.6 Å². The molecule has 0 bridgehead atoms. The number of phenols is 1. The van der Waals surface area contributed by atoms with Crippen LogP contribution >= 0.6 is 0 Å². The summed E-state index contributed by atoms with van der Waals surface area (Å²) in [4.78, 5) is 10.5. The van der Waals surface area contributed by atoms with Gasteiger partial charge in [0.25, 0.3) is 0 Å². The van der Waals surface area contributed by atoms with E-state index in [2.05, 4.69) is 205 Å². The number of hydrogen-bond acceptors (Lipinski definition) is 3. The number of rotatable bonds is 7. The van der Waals surface area contributed by atoms with Crippen molar-refractivity contribution in [3.8, 4) is 78.6 Å². The van der Waals surface area contributed by atoms with Gasteiger partial charge in [-0.2, -0.15) is 0 Å². The van der Waals surface area contributed by atoms with Gasteiger partial charge in [0.2, 0.25) is 0 Å². The van der Waals surface area contributed by atoms with Crippen LogP contribution in [0.2, 0.25) is 0 Å². The molecule has 0 amide bonds. The van der Waals surface area contributed by atoms with E-state index in [0.717, 1.165) is 83.6 Å². The second-order valence-corrected chi connectivity index (χ2v) is 18.7. The molecule has 9 rings (SSSR count). The number of nitrogens with zero attached hydrogens (tertiary/aromatic N) is 3. The Morgan fingerprint density at radius 1 is 0.468 bits per heavy atom. The second-order valence-electron chi connectivity index (χ2n) is 18.7. The minimum Gasteiger partial charge on any atom is -0.507 e. The molecule has 0 aliphatic heterocycles. The van der Waals surface area contributed by atoms with Gasteiger partial charge in [-0.05, 0) is 129 Å². The van der Waals surface area contributed by atoms with Crippen molar-refractivity contribution in [2.75, 3.05) is 0 Å². The van der Waals surface area contributed by atoms with Gasteiger partial charge >= 0.3 is 0 Å². The lowest BCUT2D eigenvalue weighted by molar-refractivity contribution is 0.472. The summed E-state index contributed by atoms with van der Waals surface area (Å²) in [5.74, 6) is 0.918. The molecule has 4 nitrogen and oxygen atoms in total. The third-order valence-corrected chi connectivity index (χ3v) is 12.1. The highest BCUT2D eigenvalue weighted by Crippen LogP contribution is 2.43. The van der Waals surface area contributed by atoms with Gasteiger partial charge in [0.15, 0.2) is 0 Å². The number of aromatic nitrogens is 3. The van der Waals surface area contributed by atoms with Gasteiger partial charge in [-0.25, -0.2) is 4.98 Å². The van der Waals surface area contributed by atoms with Gasteiger partial charge in [-0.1, -0.05) is 157 Å². The highest BCUT2D eigenvalue weighted by Gasteiger charge is 2.25. The molecule has 0 saturated carbocycles. The minimum atomic E-state index is -0.118. The number of imidazole rings is 1. The molecule has 1 N–H and O–H groups in total. The molecule has 0 saturated heterocycles. The molecule has 0 fully saturated rings. The van der Waals surface area contributed by atoms with Gasteiger partial charge in [-0.3, -0.25) is 9.55 Å². The first-order valence-corrected chi connectivity index (χ1v) is 21.5. The first kappa shape index (κ1) is 40.4. The van der Waals surface area contributed by atoms with Crippen LogP contribution in [-0.2, 0) is 10.8 Å². The number of para-hydroxylation sites is 1. The minimum absolute atomic E-state index is 0.0283. The largest absolute Gasteiger partial charge is 0.507 e. The van der Waals surface area contributed by atoms with Crippen LogP contribution in [0.15, 0.2) is 170 Å². The van der Waals surface area contributed by atoms with E-state index < -0.39 is 0 Å². The molecule has 0 radical (unpaired) electrons. The summed E-state index contributed by atoms with van der Waals surface area (Å²) in [7, 11) is 0. The van der Waals surface area contributed by atoms with E-state index in [1.54, 1.807) is 0 Å². The van der Waals surface area contributed by atoms with Crippen LogP contribution in [0.3, 0.4) is 0 Å². The molecule has 0 unspecified atom stereocenters. The first-order chi connectivity index (χ1) is 29.7. The Labute approximate surface area is 366 Å². The van der Waals surface area contributed by atoms with Crippen molar-refractivity contribution in [2.45, 2.75) is 66.2 Å². The first-order valence-electron chi connectivity index (χ1n) is 21.5. The average molecular weight is 808 g/mol. The van der Waals surface area contributed by atoms with Crippen molar-refractivity contribution in [1.82, 2.24) is 14.5 Å². The zero-order chi connectivity index (χ0) is 43.3. The summed E-state index contributed by atoms with van der Waals surface area (Å²) in [5, 5.41) is 11.9. The summed E-state index contributed by atoms with van der Waals surface area (Å²) < 4.78 is 2.28. The van der Waals surface area contributed by atoms with E-state index in [1.165, 1.54) is 11.1 Å². The standard InChI is InChI=1S/C58H53N3O/c1-37-30-38(2)55(62)50(31-37)56-60-54-49(44-32-43(40-18-13-10-14-19-40)33-45(34-44)51-35-42(28-29-59-51)39-16-11-9-12-17-39)20-15-21-52(54)61(56)53-36-47(58(6,7)8)26-27-48(53)41-22-24-46(25-23-41)57(3,4)5/h9-36,62H,1-8H3. The molecule has 306 valence electrons. The zero-order valence-electron chi connectivity index (χ0n) is 37.0. The molecule has 9 aromatic rings. The predicted octanol–water partition coefficient (Wildman–Crippen LogP) is 15.3. The van der Waals surface area contributed by atoms with E-state index in [0.29, 0.717) is 11.4 Å². The molecule has 2 heterocycles. The van der Waals surface area contributed by atoms with Gasteiger partial charge in [0, 0.05) is 22.9 Å². The number of benzene rings is 7. The molecule has 2 aromatic heterocycles. The van der Waals surface area contributed by atoms with E-state index in [9.17, 15) is 5.11 Å². The number of aryl methyl sites for hydroxylation is 2. The topological polar surface area (TPSA) is 50.9 Å². The quantitative estimate of drug-likeness (QED) is 0.174. The number of fused-ring (bicyclic) bond motifs is 1. The maximum atomic E-state index is 11.9. The lowest BCUT2D eigenvalue weighted by Crippen LogP contribution is -2.13. The van der Waals surface area contributed by atoms with Gasteiger partial charge < -0.3 is 5.11 Å². The molecule has 0 spiro atoms. The van der Waals surface area contributed by atoms with Crippen molar-refractivity contribution in [3.63, 3.8) is 0 Å². The van der Waals surface area contributed by atoms with Crippen LogP contribution in [0.1, 0.15) is 63.8 Å². The Balaban J connectivity index is 1.33. The van der Waals surface area contributed by atoms with E-state index >= 15 is 0 Å². The fourth-order valence-corrected chi connectivity index (χ4v) is 8.59. The van der Waals surface area contributed by atoms with Crippen LogP contribution in [-0.4, -0.2) is 19.6 Å². The molecular weight excluding hydrogens is 755 g/mol.